The molecule has 19 heavy (non-hydrogen) atoms. The van der Waals surface area contributed by atoms with Crippen molar-refractivity contribution in [3.8, 4) is 0 Å². The van der Waals surface area contributed by atoms with Gasteiger partial charge in [0.25, 0.3) is 0 Å². The van der Waals surface area contributed by atoms with Crippen molar-refractivity contribution in [2.24, 2.45) is 11.7 Å². The average molecular weight is 283 g/mol. The van der Waals surface area contributed by atoms with Crippen molar-refractivity contribution in [2.45, 2.75) is 44.7 Å². The molecule has 3 nitrogen and oxygen atoms in total. The smallest absolute Gasteiger partial charge is 0.222 e. The molecule has 0 spiro atoms. The molecular weight excluding hydrogens is 260 g/mol. The van der Waals surface area contributed by atoms with E-state index in [-0.39, 0.29) is 24.4 Å². The minimum atomic E-state index is -0.206. The topological polar surface area (TPSA) is 55.1 Å². The van der Waals surface area contributed by atoms with Gasteiger partial charge in [0.1, 0.15) is 0 Å². The summed E-state index contributed by atoms with van der Waals surface area (Å²) in [5, 5.41) is 3.11. The minimum Gasteiger partial charge on any atom is -0.353 e. The zero-order valence-corrected chi connectivity index (χ0v) is 12.2. The highest BCUT2D eigenvalue weighted by atomic mass is 35.5. The van der Waals surface area contributed by atoms with E-state index < -0.39 is 0 Å². The van der Waals surface area contributed by atoms with E-state index in [4.69, 9.17) is 5.73 Å². The summed E-state index contributed by atoms with van der Waals surface area (Å²) in [6, 6.07) is 9.93. The maximum atomic E-state index is 11.9. The summed E-state index contributed by atoms with van der Waals surface area (Å²) in [6.07, 6.45) is 3.91. The standard InChI is InChI=1S/C15H22N2O.ClH/c1-11-6-5-9-14(11)17-15(18)10-13(16)12-7-3-2-4-8-12;/h2-4,7-8,11,13-14H,5-6,9-10,16H2,1H3,(H,17,18);1H. The first kappa shape index (κ1) is 16.0. The molecule has 1 aliphatic rings. The Hall–Kier alpha value is -1.06. The van der Waals surface area contributed by atoms with E-state index >= 15 is 0 Å². The number of halogens is 1. The fourth-order valence-corrected chi connectivity index (χ4v) is 2.64. The molecule has 1 saturated carbocycles. The predicted molar refractivity (Wildman–Crippen MR) is 80.2 cm³/mol. The Bertz CT molecular complexity index is 396. The lowest BCUT2D eigenvalue weighted by molar-refractivity contribution is -0.122. The summed E-state index contributed by atoms with van der Waals surface area (Å²) in [7, 11) is 0. The van der Waals surface area contributed by atoms with Crippen molar-refractivity contribution in [3.05, 3.63) is 35.9 Å². The molecule has 0 saturated heterocycles. The van der Waals surface area contributed by atoms with Crippen LogP contribution in [0.15, 0.2) is 30.3 Å². The molecule has 3 N–H and O–H groups in total. The van der Waals surface area contributed by atoms with E-state index in [1.807, 2.05) is 30.3 Å². The van der Waals surface area contributed by atoms with E-state index in [0.717, 1.165) is 12.0 Å². The van der Waals surface area contributed by atoms with E-state index in [0.29, 0.717) is 18.4 Å². The molecule has 106 valence electrons. The minimum absolute atomic E-state index is 0. The number of carbonyl (C=O) groups excluding carboxylic acids is 1. The van der Waals surface area contributed by atoms with E-state index in [9.17, 15) is 4.79 Å². The highest BCUT2D eigenvalue weighted by Crippen LogP contribution is 2.25. The third kappa shape index (κ3) is 4.51. The second kappa shape index (κ2) is 7.51. The zero-order chi connectivity index (χ0) is 13.0. The molecule has 1 aliphatic carbocycles. The second-order valence-corrected chi connectivity index (χ2v) is 5.30. The van der Waals surface area contributed by atoms with Crippen LogP contribution in [0.1, 0.15) is 44.2 Å². The van der Waals surface area contributed by atoms with Gasteiger partial charge in [-0.05, 0) is 24.3 Å². The van der Waals surface area contributed by atoms with Gasteiger partial charge in [-0.15, -0.1) is 12.4 Å². The number of amides is 1. The van der Waals surface area contributed by atoms with Crippen molar-refractivity contribution >= 4 is 18.3 Å². The monoisotopic (exact) mass is 282 g/mol. The van der Waals surface area contributed by atoms with Crippen LogP contribution in [0, 0.1) is 5.92 Å². The summed E-state index contributed by atoms with van der Waals surface area (Å²) >= 11 is 0. The van der Waals surface area contributed by atoms with Crippen molar-refractivity contribution in [3.63, 3.8) is 0 Å². The molecule has 1 amide bonds. The van der Waals surface area contributed by atoms with E-state index in [1.54, 1.807) is 0 Å². The number of nitrogens with two attached hydrogens (primary N) is 1. The SMILES string of the molecule is CC1CCCC1NC(=O)CC(N)c1ccccc1.Cl. The number of carbonyl (C=O) groups is 1. The van der Waals surface area contributed by atoms with Crippen LogP contribution in [0.25, 0.3) is 0 Å². The lowest BCUT2D eigenvalue weighted by atomic mass is 10.0. The largest absolute Gasteiger partial charge is 0.353 e. The Morgan fingerprint density at radius 3 is 2.63 bits per heavy atom. The zero-order valence-electron chi connectivity index (χ0n) is 11.3. The van der Waals surface area contributed by atoms with Gasteiger partial charge in [-0.1, -0.05) is 43.7 Å². The van der Waals surface area contributed by atoms with Gasteiger partial charge in [-0.25, -0.2) is 0 Å². The lowest BCUT2D eigenvalue weighted by Gasteiger charge is -2.19. The van der Waals surface area contributed by atoms with Gasteiger partial charge in [-0.3, -0.25) is 4.79 Å². The number of hydrogen-bond donors (Lipinski definition) is 2. The van der Waals surface area contributed by atoms with Crippen molar-refractivity contribution in [2.75, 3.05) is 0 Å². The highest BCUT2D eigenvalue weighted by Gasteiger charge is 2.25. The van der Waals surface area contributed by atoms with Gasteiger partial charge in [0.2, 0.25) is 5.91 Å². The van der Waals surface area contributed by atoms with Crippen molar-refractivity contribution in [1.82, 2.24) is 5.32 Å². The third-order valence-corrected chi connectivity index (χ3v) is 3.84. The fourth-order valence-electron chi connectivity index (χ4n) is 2.64. The Labute approximate surface area is 121 Å². The third-order valence-electron chi connectivity index (χ3n) is 3.84. The first-order valence-electron chi connectivity index (χ1n) is 6.76. The fraction of sp³-hybridized carbons (Fsp3) is 0.533. The summed E-state index contributed by atoms with van der Waals surface area (Å²) in [6.45, 7) is 2.20. The Morgan fingerprint density at radius 2 is 2.05 bits per heavy atom. The maximum Gasteiger partial charge on any atom is 0.222 e. The molecule has 0 radical (unpaired) electrons. The van der Waals surface area contributed by atoms with Crippen LogP contribution in [0.4, 0.5) is 0 Å². The van der Waals surface area contributed by atoms with Crippen LogP contribution in [0.2, 0.25) is 0 Å². The number of nitrogens with one attached hydrogen (secondary N) is 1. The van der Waals surface area contributed by atoms with Crippen molar-refractivity contribution < 1.29 is 4.79 Å². The quantitative estimate of drug-likeness (QED) is 0.892. The van der Waals surface area contributed by atoms with Gasteiger partial charge in [0, 0.05) is 18.5 Å². The summed E-state index contributed by atoms with van der Waals surface area (Å²) in [5.74, 6) is 0.673. The Morgan fingerprint density at radius 1 is 1.37 bits per heavy atom. The summed E-state index contributed by atoms with van der Waals surface area (Å²) in [4.78, 5) is 11.9. The van der Waals surface area contributed by atoms with Crippen LogP contribution in [0.5, 0.6) is 0 Å². The molecule has 0 aromatic heterocycles. The van der Waals surface area contributed by atoms with E-state index in [1.165, 1.54) is 12.8 Å². The number of benzene rings is 1. The Balaban J connectivity index is 0.00000180. The van der Waals surface area contributed by atoms with E-state index in [2.05, 4.69) is 12.2 Å². The van der Waals surface area contributed by atoms with Gasteiger partial charge >= 0.3 is 0 Å². The normalized spacial score (nSPS) is 23.5. The molecule has 1 aromatic rings. The molecule has 3 atom stereocenters. The molecule has 0 heterocycles. The molecular formula is C15H23ClN2O. The van der Waals surface area contributed by atoms with Crippen LogP contribution >= 0.6 is 12.4 Å². The first-order valence-corrected chi connectivity index (χ1v) is 6.76. The van der Waals surface area contributed by atoms with Crippen LogP contribution in [-0.2, 0) is 4.79 Å². The molecule has 1 aromatic carbocycles. The van der Waals surface area contributed by atoms with Gasteiger partial charge in [0.15, 0.2) is 0 Å². The van der Waals surface area contributed by atoms with Gasteiger partial charge < -0.3 is 11.1 Å². The number of hydrogen-bond acceptors (Lipinski definition) is 2. The molecule has 3 unspecified atom stereocenters. The first-order chi connectivity index (χ1) is 8.66. The van der Waals surface area contributed by atoms with Crippen molar-refractivity contribution in [1.29, 1.82) is 0 Å². The maximum absolute atomic E-state index is 11.9. The number of rotatable bonds is 4. The highest BCUT2D eigenvalue weighted by molar-refractivity contribution is 5.85. The van der Waals surface area contributed by atoms with Crippen LogP contribution in [-0.4, -0.2) is 11.9 Å². The Kier molecular flexibility index (Phi) is 6.32. The lowest BCUT2D eigenvalue weighted by Crippen LogP contribution is -2.37. The molecule has 0 aliphatic heterocycles. The summed E-state index contributed by atoms with van der Waals surface area (Å²) in [5.41, 5.74) is 7.06. The van der Waals surface area contributed by atoms with Crippen LogP contribution in [0.3, 0.4) is 0 Å². The predicted octanol–water partition coefficient (Wildman–Crippen LogP) is 2.80. The van der Waals surface area contributed by atoms with Gasteiger partial charge in [-0.2, -0.15) is 0 Å². The van der Waals surface area contributed by atoms with Crippen LogP contribution < -0.4 is 11.1 Å². The summed E-state index contributed by atoms with van der Waals surface area (Å²) < 4.78 is 0. The molecule has 4 heteroatoms. The molecule has 0 bridgehead atoms. The molecule has 1 fully saturated rings. The average Bonchev–Trinajstić information content (AvgIpc) is 2.76. The second-order valence-electron chi connectivity index (χ2n) is 5.30. The molecule has 2 rings (SSSR count). The van der Waals surface area contributed by atoms with Gasteiger partial charge in [0.05, 0.1) is 0 Å².